The lowest BCUT2D eigenvalue weighted by atomic mass is 9.84. The van der Waals surface area contributed by atoms with Gasteiger partial charge in [-0.2, -0.15) is 0 Å². The summed E-state index contributed by atoms with van der Waals surface area (Å²) in [6, 6.07) is 33.3. The van der Waals surface area contributed by atoms with Crippen molar-refractivity contribution in [3.05, 3.63) is 129 Å². The van der Waals surface area contributed by atoms with Crippen molar-refractivity contribution in [3.63, 3.8) is 0 Å². The monoisotopic (exact) mass is 438 g/mol. The highest BCUT2D eigenvalue weighted by Gasteiger charge is 2.17. The number of rotatable bonds is 0. The molecule has 0 amide bonds. The third-order valence-electron chi connectivity index (χ3n) is 8.29. The maximum Gasteiger partial charge on any atom is -0.00675 e. The van der Waals surface area contributed by atoms with Gasteiger partial charge in [0, 0.05) is 0 Å². The first-order valence-corrected chi connectivity index (χ1v) is 13.0. The third-order valence-corrected chi connectivity index (χ3v) is 8.29. The predicted molar refractivity (Wildman–Crippen MR) is 144 cm³/mol. The van der Waals surface area contributed by atoms with Crippen molar-refractivity contribution in [2.75, 3.05) is 0 Å². The van der Waals surface area contributed by atoms with Crippen LogP contribution >= 0.6 is 0 Å². The average molecular weight is 439 g/mol. The van der Waals surface area contributed by atoms with E-state index < -0.39 is 0 Å². The van der Waals surface area contributed by atoms with Crippen LogP contribution in [0.15, 0.2) is 84.9 Å². The van der Waals surface area contributed by atoms with Gasteiger partial charge in [-0.15, -0.1) is 0 Å². The second-order valence-electron chi connectivity index (χ2n) is 10.3. The van der Waals surface area contributed by atoms with E-state index in [1.807, 2.05) is 0 Å². The van der Waals surface area contributed by atoms with Gasteiger partial charge in [0.2, 0.25) is 0 Å². The van der Waals surface area contributed by atoms with Gasteiger partial charge in [0.1, 0.15) is 0 Å². The summed E-state index contributed by atoms with van der Waals surface area (Å²) in [6.07, 6.45) is 8.81. The molecule has 0 aliphatic heterocycles. The minimum Gasteiger partial charge on any atom is -0.0588 e. The van der Waals surface area contributed by atoms with Crippen molar-refractivity contribution in [3.8, 4) is 0 Å². The Morgan fingerprint density at radius 2 is 0.559 bits per heavy atom. The van der Waals surface area contributed by atoms with Crippen LogP contribution in [0.4, 0.5) is 0 Å². The summed E-state index contributed by atoms with van der Waals surface area (Å²) in [6.45, 7) is 0. The number of hydrogen-bond donors (Lipinski definition) is 0. The van der Waals surface area contributed by atoms with Gasteiger partial charge in [-0.25, -0.2) is 0 Å². The molecule has 8 bridgehead atoms. The van der Waals surface area contributed by atoms with Crippen LogP contribution in [0.2, 0.25) is 0 Å². The molecule has 0 heteroatoms. The topological polar surface area (TPSA) is 0 Å². The Hall–Kier alpha value is -3.38. The molecule has 0 aromatic heterocycles. The fourth-order valence-electron chi connectivity index (χ4n) is 6.27. The summed E-state index contributed by atoms with van der Waals surface area (Å²) < 4.78 is 0. The second-order valence-corrected chi connectivity index (χ2v) is 10.3. The minimum absolute atomic E-state index is 1.10. The van der Waals surface area contributed by atoms with Gasteiger partial charge >= 0.3 is 0 Å². The molecule has 13 rings (SSSR count). The fourth-order valence-corrected chi connectivity index (χ4v) is 6.27. The third kappa shape index (κ3) is 3.44. The van der Waals surface area contributed by atoms with Crippen molar-refractivity contribution >= 4 is 21.5 Å². The number of aryl methyl sites for hydroxylation is 8. The van der Waals surface area contributed by atoms with E-state index in [2.05, 4.69) is 84.9 Å². The quantitative estimate of drug-likeness (QED) is 0.217. The predicted octanol–water partition coefficient (Wildman–Crippen LogP) is 7.76. The highest BCUT2D eigenvalue weighted by Crippen LogP contribution is 2.37. The molecule has 0 N–H and O–H groups in total. The van der Waals surface area contributed by atoms with Gasteiger partial charge in [0.05, 0.1) is 0 Å². The highest BCUT2D eigenvalue weighted by atomic mass is 14.2. The molecule has 0 spiro atoms. The summed E-state index contributed by atoms with van der Waals surface area (Å²) in [7, 11) is 0. The van der Waals surface area contributed by atoms with Crippen molar-refractivity contribution < 1.29 is 0 Å². The zero-order valence-electron chi connectivity index (χ0n) is 19.7. The van der Waals surface area contributed by atoms with Crippen molar-refractivity contribution in [2.45, 2.75) is 51.4 Å². The van der Waals surface area contributed by atoms with E-state index in [1.54, 1.807) is 0 Å². The van der Waals surface area contributed by atoms with E-state index >= 15 is 0 Å². The summed E-state index contributed by atoms with van der Waals surface area (Å²) >= 11 is 0. The summed E-state index contributed by atoms with van der Waals surface area (Å²) in [5, 5.41) is 6.03. The first-order chi connectivity index (χ1) is 16.8. The van der Waals surface area contributed by atoms with Crippen molar-refractivity contribution in [2.24, 2.45) is 0 Å². The molecule has 0 atom stereocenters. The Balaban J connectivity index is 1.48. The van der Waals surface area contributed by atoms with Gasteiger partial charge in [-0.1, -0.05) is 84.9 Å². The van der Waals surface area contributed by atoms with Gasteiger partial charge < -0.3 is 0 Å². The van der Waals surface area contributed by atoms with Crippen LogP contribution in [-0.2, 0) is 51.4 Å². The average Bonchev–Trinajstić information content (AvgIpc) is 2.87. The molecule has 8 aliphatic carbocycles. The van der Waals surface area contributed by atoms with Crippen LogP contribution < -0.4 is 0 Å². The van der Waals surface area contributed by atoms with E-state index in [9.17, 15) is 0 Å². The lowest BCUT2D eigenvalue weighted by molar-refractivity contribution is 0.929. The minimum atomic E-state index is 1.10. The fraction of sp³-hybridized carbons (Fsp3) is 0.235. The molecule has 0 fully saturated rings. The second kappa shape index (κ2) is 8.13. The SMILES string of the molecule is c1cc2ccc1CCc1ccc(c3c1ccc1c4ccc(c13)CCc1ccc(cc1)CC4)CC2. The Bertz CT molecular complexity index is 1400. The molecule has 0 heterocycles. The molecule has 8 aliphatic rings. The van der Waals surface area contributed by atoms with Crippen molar-refractivity contribution in [1.29, 1.82) is 0 Å². The van der Waals surface area contributed by atoms with Crippen LogP contribution in [-0.4, -0.2) is 0 Å². The molecular weight excluding hydrogens is 408 g/mol. The molecule has 5 aromatic rings. The van der Waals surface area contributed by atoms with E-state index in [0.29, 0.717) is 0 Å². The van der Waals surface area contributed by atoms with Gasteiger partial charge in [-0.05, 0) is 117 Å². The number of benzene rings is 5. The maximum absolute atomic E-state index is 2.45. The van der Waals surface area contributed by atoms with Gasteiger partial charge in [0.15, 0.2) is 0 Å². The normalized spacial score (nSPS) is 15.3. The lowest BCUT2D eigenvalue weighted by Crippen LogP contribution is -2.03. The van der Waals surface area contributed by atoms with Crippen LogP contribution in [0, 0.1) is 0 Å². The van der Waals surface area contributed by atoms with Crippen LogP contribution in [0.1, 0.15) is 44.5 Å². The Kier molecular flexibility index (Phi) is 4.79. The van der Waals surface area contributed by atoms with Crippen LogP contribution in [0.3, 0.4) is 0 Å². The first kappa shape index (κ1) is 20.0. The van der Waals surface area contributed by atoms with E-state index in [-0.39, 0.29) is 0 Å². The summed E-state index contributed by atoms with van der Waals surface area (Å²) in [5.41, 5.74) is 11.8. The zero-order chi connectivity index (χ0) is 22.5. The first-order valence-electron chi connectivity index (χ1n) is 13.0. The van der Waals surface area contributed by atoms with E-state index in [0.717, 1.165) is 51.4 Å². The lowest BCUT2D eigenvalue weighted by Gasteiger charge is -2.20. The largest absolute Gasteiger partial charge is 0.0588 e. The smallest absolute Gasteiger partial charge is 0.00675 e. The molecular formula is C34H30. The Morgan fingerprint density at radius 1 is 0.265 bits per heavy atom. The molecule has 34 heavy (non-hydrogen) atoms. The Labute approximate surface area is 202 Å². The molecule has 0 saturated heterocycles. The van der Waals surface area contributed by atoms with Crippen LogP contribution in [0.5, 0.6) is 0 Å². The zero-order valence-corrected chi connectivity index (χ0v) is 19.7. The molecule has 166 valence electrons. The van der Waals surface area contributed by atoms with E-state index in [1.165, 1.54) is 66.1 Å². The maximum atomic E-state index is 2.45. The molecule has 0 saturated carbocycles. The standard InChI is InChI=1S/C34H30/c1-5-25-6-2-23(1)9-13-27-17-19-29(15-11-25)33-31(27)21-22-32-28-14-10-24-3-7-26(8-4-24)12-16-30(20-18-28)34(32)33/h1-8,17-22H,9-16H2. The molecule has 0 nitrogen and oxygen atoms in total. The highest BCUT2D eigenvalue weighted by molar-refractivity contribution is 6.12. The molecule has 0 radical (unpaired) electrons. The molecule has 0 unspecified atom stereocenters. The van der Waals surface area contributed by atoms with Gasteiger partial charge in [0.25, 0.3) is 0 Å². The van der Waals surface area contributed by atoms with Gasteiger partial charge in [-0.3, -0.25) is 0 Å². The number of hydrogen-bond acceptors (Lipinski definition) is 0. The van der Waals surface area contributed by atoms with Crippen LogP contribution in [0.25, 0.3) is 21.5 Å². The summed E-state index contributed by atoms with van der Waals surface area (Å²) in [5.74, 6) is 0. The Morgan fingerprint density at radius 3 is 0.912 bits per heavy atom. The molecule has 5 aromatic carbocycles. The summed E-state index contributed by atoms with van der Waals surface area (Å²) in [4.78, 5) is 0. The van der Waals surface area contributed by atoms with E-state index in [4.69, 9.17) is 0 Å². The van der Waals surface area contributed by atoms with Crippen molar-refractivity contribution in [1.82, 2.24) is 0 Å².